The molecule has 3 heteroatoms. The Bertz CT molecular complexity index is 382. The molecule has 0 aromatic heterocycles. The van der Waals surface area contributed by atoms with Crippen molar-refractivity contribution in [2.75, 3.05) is 7.11 Å². The summed E-state index contributed by atoms with van der Waals surface area (Å²) in [7, 11) is 1.73. The lowest BCUT2D eigenvalue weighted by molar-refractivity contribution is 0.175. The van der Waals surface area contributed by atoms with E-state index in [0.717, 1.165) is 16.8 Å². The molecule has 0 unspecified atom stereocenters. The second-order valence-corrected chi connectivity index (χ2v) is 5.71. The van der Waals surface area contributed by atoms with Crippen molar-refractivity contribution >= 4 is 15.9 Å². The van der Waals surface area contributed by atoms with Crippen LogP contribution in [0.5, 0.6) is 5.75 Å². The van der Waals surface area contributed by atoms with Gasteiger partial charge in [-0.1, -0.05) is 22.9 Å². The highest BCUT2D eigenvalue weighted by Crippen LogP contribution is 2.35. The Labute approximate surface area is 112 Å². The quantitative estimate of drug-likeness (QED) is 0.890. The Hall–Kier alpha value is -0.540. The Morgan fingerprint density at radius 3 is 2.71 bits per heavy atom. The van der Waals surface area contributed by atoms with Crippen molar-refractivity contribution in [1.82, 2.24) is 5.32 Å². The molecular weight excluding hydrogens is 278 g/mol. The highest BCUT2D eigenvalue weighted by atomic mass is 79.9. The van der Waals surface area contributed by atoms with Crippen LogP contribution in [0.25, 0.3) is 0 Å². The molecule has 94 valence electrons. The summed E-state index contributed by atoms with van der Waals surface area (Å²) in [5.74, 6) is 0.964. The van der Waals surface area contributed by atoms with E-state index in [2.05, 4.69) is 34.2 Å². The Morgan fingerprint density at radius 2 is 2.18 bits per heavy atom. The molecule has 0 aliphatic heterocycles. The van der Waals surface area contributed by atoms with Gasteiger partial charge in [-0.3, -0.25) is 0 Å². The van der Waals surface area contributed by atoms with Gasteiger partial charge in [0, 0.05) is 22.1 Å². The van der Waals surface area contributed by atoms with E-state index in [1.165, 1.54) is 31.2 Å². The summed E-state index contributed by atoms with van der Waals surface area (Å²) in [6, 6.07) is 6.16. The summed E-state index contributed by atoms with van der Waals surface area (Å²) in [6.07, 6.45) is 5.18. The molecule has 0 bridgehead atoms. The van der Waals surface area contributed by atoms with Crippen LogP contribution < -0.4 is 10.1 Å². The highest BCUT2D eigenvalue weighted by molar-refractivity contribution is 9.10. The molecule has 1 N–H and O–H groups in total. The molecule has 0 spiro atoms. The summed E-state index contributed by atoms with van der Waals surface area (Å²) in [5, 5.41) is 3.70. The Kier molecular flexibility index (Phi) is 4.10. The van der Waals surface area contributed by atoms with Gasteiger partial charge in [-0.25, -0.2) is 0 Å². The Balaban J connectivity index is 2.05. The lowest BCUT2D eigenvalue weighted by atomic mass is 9.75. The maximum atomic E-state index is 5.39. The second-order valence-electron chi connectivity index (χ2n) is 4.80. The molecule has 0 radical (unpaired) electrons. The predicted molar refractivity (Wildman–Crippen MR) is 74.4 cm³/mol. The first-order valence-corrected chi connectivity index (χ1v) is 7.06. The lowest BCUT2D eigenvalue weighted by Gasteiger charge is -2.42. The van der Waals surface area contributed by atoms with Crippen molar-refractivity contribution in [2.45, 2.75) is 44.7 Å². The van der Waals surface area contributed by atoms with Gasteiger partial charge in [0.2, 0.25) is 0 Å². The molecule has 1 aliphatic rings. The number of nitrogens with one attached hydrogen (secondary N) is 1. The number of halogens is 1. The van der Waals surface area contributed by atoms with Crippen molar-refractivity contribution in [2.24, 2.45) is 0 Å². The van der Waals surface area contributed by atoms with Crippen molar-refractivity contribution in [1.29, 1.82) is 0 Å². The number of benzene rings is 1. The van der Waals surface area contributed by atoms with E-state index in [4.69, 9.17) is 4.74 Å². The maximum absolute atomic E-state index is 5.39. The largest absolute Gasteiger partial charge is 0.496 e. The van der Waals surface area contributed by atoms with Crippen molar-refractivity contribution in [3.8, 4) is 5.75 Å². The van der Waals surface area contributed by atoms with Crippen LogP contribution >= 0.6 is 15.9 Å². The van der Waals surface area contributed by atoms with Crippen LogP contribution in [0, 0.1) is 0 Å². The topological polar surface area (TPSA) is 21.3 Å². The third kappa shape index (κ3) is 2.83. The fourth-order valence-corrected chi connectivity index (χ4v) is 2.84. The summed E-state index contributed by atoms with van der Waals surface area (Å²) in [6.45, 7) is 3.15. The summed E-state index contributed by atoms with van der Waals surface area (Å²) >= 11 is 3.51. The van der Waals surface area contributed by atoms with Crippen LogP contribution in [-0.4, -0.2) is 12.6 Å². The van der Waals surface area contributed by atoms with Crippen molar-refractivity contribution < 1.29 is 4.74 Å². The van der Waals surface area contributed by atoms with E-state index in [9.17, 15) is 0 Å². The van der Waals surface area contributed by atoms with Gasteiger partial charge in [0.05, 0.1) is 7.11 Å². The molecule has 0 saturated heterocycles. The smallest absolute Gasteiger partial charge is 0.123 e. The van der Waals surface area contributed by atoms with Crippen molar-refractivity contribution in [3.63, 3.8) is 0 Å². The first-order valence-electron chi connectivity index (χ1n) is 6.26. The van der Waals surface area contributed by atoms with E-state index in [0.29, 0.717) is 5.54 Å². The molecule has 0 atom stereocenters. The SMILES string of the molecule is CCC1(NCc2cc(Br)ccc2OC)CCC1. The molecule has 2 nitrogen and oxygen atoms in total. The zero-order valence-corrected chi connectivity index (χ0v) is 12.1. The zero-order chi connectivity index (χ0) is 12.3. The minimum absolute atomic E-state index is 0.382. The van der Waals surface area contributed by atoms with Gasteiger partial charge in [0.25, 0.3) is 0 Å². The number of methoxy groups -OCH3 is 1. The van der Waals surface area contributed by atoms with Gasteiger partial charge < -0.3 is 10.1 Å². The first-order chi connectivity index (χ1) is 8.19. The Morgan fingerprint density at radius 1 is 1.41 bits per heavy atom. The summed E-state index contributed by atoms with van der Waals surface area (Å²) < 4.78 is 6.50. The molecule has 2 rings (SSSR count). The molecule has 0 amide bonds. The molecule has 17 heavy (non-hydrogen) atoms. The average Bonchev–Trinajstić information content (AvgIpc) is 2.28. The average molecular weight is 298 g/mol. The molecule has 0 heterocycles. The van der Waals surface area contributed by atoms with Crippen LogP contribution in [0.15, 0.2) is 22.7 Å². The highest BCUT2D eigenvalue weighted by Gasteiger charge is 2.34. The monoisotopic (exact) mass is 297 g/mol. The van der Waals surface area contributed by atoms with E-state index in [1.54, 1.807) is 7.11 Å². The van der Waals surface area contributed by atoms with Gasteiger partial charge >= 0.3 is 0 Å². The predicted octanol–water partition coefficient (Wildman–Crippen LogP) is 3.88. The van der Waals surface area contributed by atoms with E-state index in [1.807, 2.05) is 12.1 Å². The molecule has 1 aromatic carbocycles. The molecule has 1 aliphatic carbocycles. The second kappa shape index (κ2) is 5.40. The first kappa shape index (κ1) is 12.9. The maximum Gasteiger partial charge on any atom is 0.123 e. The molecule has 1 saturated carbocycles. The van der Waals surface area contributed by atoms with Crippen LogP contribution in [0.1, 0.15) is 38.2 Å². The van der Waals surface area contributed by atoms with Crippen molar-refractivity contribution in [3.05, 3.63) is 28.2 Å². The molecule has 1 fully saturated rings. The third-order valence-electron chi connectivity index (χ3n) is 3.88. The van der Waals surface area contributed by atoms with E-state index < -0.39 is 0 Å². The van der Waals surface area contributed by atoms with Crippen LogP contribution in [0.4, 0.5) is 0 Å². The van der Waals surface area contributed by atoms with Gasteiger partial charge in [-0.05, 0) is 43.9 Å². The van der Waals surface area contributed by atoms with E-state index >= 15 is 0 Å². The molecular formula is C14H20BrNO. The van der Waals surface area contributed by atoms with Gasteiger partial charge in [0.15, 0.2) is 0 Å². The number of hydrogen-bond donors (Lipinski definition) is 1. The lowest BCUT2D eigenvalue weighted by Crippen LogP contribution is -2.49. The minimum Gasteiger partial charge on any atom is -0.496 e. The van der Waals surface area contributed by atoms with Gasteiger partial charge in [-0.15, -0.1) is 0 Å². The standard InChI is InChI=1S/C14H20BrNO/c1-3-14(7-4-8-14)16-10-11-9-12(15)5-6-13(11)17-2/h5-6,9,16H,3-4,7-8,10H2,1-2H3. The number of ether oxygens (including phenoxy) is 1. The third-order valence-corrected chi connectivity index (χ3v) is 4.38. The van der Waals surface area contributed by atoms with E-state index in [-0.39, 0.29) is 0 Å². The zero-order valence-electron chi connectivity index (χ0n) is 10.6. The van der Waals surface area contributed by atoms with Gasteiger partial charge in [0.1, 0.15) is 5.75 Å². The summed E-state index contributed by atoms with van der Waals surface area (Å²) in [5.41, 5.74) is 1.61. The fraction of sp³-hybridized carbons (Fsp3) is 0.571. The van der Waals surface area contributed by atoms with Crippen LogP contribution in [-0.2, 0) is 6.54 Å². The minimum atomic E-state index is 0.382. The summed E-state index contributed by atoms with van der Waals surface area (Å²) in [4.78, 5) is 0. The fourth-order valence-electron chi connectivity index (χ4n) is 2.43. The van der Waals surface area contributed by atoms with Crippen LogP contribution in [0.2, 0.25) is 0 Å². The molecule has 1 aromatic rings. The number of hydrogen-bond acceptors (Lipinski definition) is 2. The van der Waals surface area contributed by atoms with Gasteiger partial charge in [-0.2, -0.15) is 0 Å². The van der Waals surface area contributed by atoms with Crippen LogP contribution in [0.3, 0.4) is 0 Å². The number of rotatable bonds is 5. The normalized spacial score (nSPS) is 17.6.